The lowest BCUT2D eigenvalue weighted by molar-refractivity contribution is -0.145. The van der Waals surface area contributed by atoms with Crippen LogP contribution in [0.15, 0.2) is 0 Å². The van der Waals surface area contributed by atoms with Crippen molar-refractivity contribution < 1.29 is 0 Å². The van der Waals surface area contributed by atoms with E-state index in [1.165, 1.54) is 77.0 Å². The quantitative estimate of drug-likeness (QED) is 0.353. The first-order valence-corrected chi connectivity index (χ1v) is 17.0. The number of hydrogen-bond acceptors (Lipinski definition) is 0. The van der Waals surface area contributed by atoms with E-state index in [-0.39, 0.29) is 0 Å². The molecule has 0 heteroatoms. The lowest BCUT2D eigenvalue weighted by Crippen LogP contribution is -2.55. The summed E-state index contributed by atoms with van der Waals surface area (Å²) < 4.78 is 0. The molecule has 0 amide bonds. The first-order chi connectivity index (χ1) is 17.0. The molecular formula is C37H66. The van der Waals surface area contributed by atoms with E-state index in [2.05, 4.69) is 69.2 Å². The Morgan fingerprint density at radius 3 is 1.97 bits per heavy atom. The summed E-state index contributed by atoms with van der Waals surface area (Å²) in [6.07, 6.45) is 22.5. The van der Waals surface area contributed by atoms with E-state index in [0.29, 0.717) is 32.5 Å². The van der Waals surface area contributed by atoms with E-state index < -0.39 is 0 Å². The van der Waals surface area contributed by atoms with Crippen LogP contribution >= 0.6 is 0 Å². The van der Waals surface area contributed by atoms with Gasteiger partial charge in [-0.05, 0) is 164 Å². The molecular weight excluding hydrogens is 444 g/mol. The average Bonchev–Trinajstić information content (AvgIpc) is 3.17. The maximum absolute atomic E-state index is 2.79. The number of hydrogen-bond donors (Lipinski definition) is 0. The highest BCUT2D eigenvalue weighted by atomic mass is 14.7. The molecule has 37 heavy (non-hydrogen) atoms. The molecule has 0 spiro atoms. The third-order valence-electron chi connectivity index (χ3n) is 15.6. The van der Waals surface area contributed by atoms with Gasteiger partial charge >= 0.3 is 0 Å². The third-order valence-corrected chi connectivity index (χ3v) is 15.6. The van der Waals surface area contributed by atoms with Crippen molar-refractivity contribution in [2.45, 2.75) is 166 Å². The molecule has 5 aliphatic rings. The minimum absolute atomic E-state index is 0.441. The van der Waals surface area contributed by atoms with Crippen molar-refractivity contribution >= 4 is 0 Å². The van der Waals surface area contributed by atoms with Crippen LogP contribution in [-0.4, -0.2) is 0 Å². The molecule has 0 bridgehead atoms. The van der Waals surface area contributed by atoms with Crippen molar-refractivity contribution in [1.82, 2.24) is 0 Å². The Morgan fingerprint density at radius 1 is 0.676 bits per heavy atom. The van der Waals surface area contributed by atoms with E-state index in [9.17, 15) is 0 Å². The standard InChI is InChI=1S/C37H66/c1-26(15-17-34(7)21-19-33(5,6)20-22-34)29-13-14-30-28-12-11-27-25-35(8,32(2,3)4)23-24-36(27,9)31(28)16-18-37(29,30)10/h26-31H,11-25H2,1-10H3/t26-,27+,28+,29-,30+,31+,35-,36+,37-/m1/s1. The normalized spacial score (nSPS) is 48.0. The maximum Gasteiger partial charge on any atom is -0.0264 e. The van der Waals surface area contributed by atoms with Crippen LogP contribution in [0.4, 0.5) is 0 Å². The van der Waals surface area contributed by atoms with Gasteiger partial charge in [-0.2, -0.15) is 0 Å². The zero-order valence-electron chi connectivity index (χ0n) is 27.1. The SMILES string of the molecule is C[C@H](CCC1(C)CCC(C)(C)CC1)[C@H]1CC[C@H]2[C@@H]3CC[C@H]4C[C@](C)(C(C)(C)C)CC[C@]4(C)[C@H]3CC[C@]12C. The van der Waals surface area contributed by atoms with Crippen LogP contribution in [0.1, 0.15) is 166 Å². The predicted molar refractivity (Wildman–Crippen MR) is 162 cm³/mol. The summed E-state index contributed by atoms with van der Waals surface area (Å²) in [4.78, 5) is 0. The van der Waals surface area contributed by atoms with Crippen LogP contribution in [0, 0.1) is 68.0 Å². The average molecular weight is 511 g/mol. The van der Waals surface area contributed by atoms with E-state index >= 15 is 0 Å². The van der Waals surface area contributed by atoms with Gasteiger partial charge in [0.1, 0.15) is 0 Å². The van der Waals surface area contributed by atoms with Gasteiger partial charge in [-0.3, -0.25) is 0 Å². The second-order valence-corrected chi connectivity index (χ2v) is 18.9. The van der Waals surface area contributed by atoms with E-state index in [0.717, 1.165) is 35.5 Å². The van der Waals surface area contributed by atoms with Crippen molar-refractivity contribution in [3.05, 3.63) is 0 Å². The second kappa shape index (κ2) is 9.26. The number of fused-ring (bicyclic) bond motifs is 5. The lowest BCUT2D eigenvalue weighted by atomic mass is 9.41. The van der Waals surface area contributed by atoms with E-state index in [4.69, 9.17) is 0 Å². The van der Waals surface area contributed by atoms with Crippen LogP contribution in [-0.2, 0) is 0 Å². The summed E-state index contributed by atoms with van der Waals surface area (Å²) in [6.45, 7) is 26.0. The van der Waals surface area contributed by atoms with Gasteiger partial charge in [0.15, 0.2) is 0 Å². The molecule has 5 aliphatic carbocycles. The molecule has 0 heterocycles. The zero-order valence-corrected chi connectivity index (χ0v) is 27.1. The molecule has 5 rings (SSSR count). The first kappa shape index (κ1) is 28.5. The highest BCUT2D eigenvalue weighted by Crippen LogP contribution is 2.70. The molecule has 0 N–H and O–H groups in total. The molecule has 0 aromatic heterocycles. The maximum atomic E-state index is 2.79. The summed E-state index contributed by atoms with van der Waals surface area (Å²) in [5.74, 6) is 5.98. The van der Waals surface area contributed by atoms with Crippen molar-refractivity contribution in [2.24, 2.45) is 68.0 Å². The van der Waals surface area contributed by atoms with Gasteiger partial charge < -0.3 is 0 Å². The molecule has 0 aromatic carbocycles. The van der Waals surface area contributed by atoms with Gasteiger partial charge in [-0.1, -0.05) is 69.2 Å². The van der Waals surface area contributed by atoms with Gasteiger partial charge in [0.05, 0.1) is 0 Å². The lowest BCUT2D eigenvalue weighted by Gasteiger charge is -2.64. The molecule has 5 fully saturated rings. The summed E-state index contributed by atoms with van der Waals surface area (Å²) in [7, 11) is 0. The van der Waals surface area contributed by atoms with Crippen LogP contribution in [0.5, 0.6) is 0 Å². The largest absolute Gasteiger partial charge is 0.0622 e. The Hall–Kier alpha value is 0. The molecule has 0 saturated heterocycles. The second-order valence-electron chi connectivity index (χ2n) is 18.9. The molecule has 0 aromatic rings. The summed E-state index contributed by atoms with van der Waals surface area (Å²) >= 11 is 0. The Morgan fingerprint density at radius 2 is 1.32 bits per heavy atom. The summed E-state index contributed by atoms with van der Waals surface area (Å²) in [5, 5.41) is 0. The van der Waals surface area contributed by atoms with Crippen LogP contribution in [0.2, 0.25) is 0 Å². The smallest absolute Gasteiger partial charge is 0.0264 e. The zero-order chi connectivity index (χ0) is 27.1. The number of rotatable bonds is 4. The monoisotopic (exact) mass is 511 g/mol. The predicted octanol–water partition coefficient (Wildman–Crippen LogP) is 11.7. The molecule has 0 unspecified atom stereocenters. The minimum atomic E-state index is 0.441. The molecule has 214 valence electrons. The molecule has 9 atom stereocenters. The highest BCUT2D eigenvalue weighted by molar-refractivity contribution is 5.11. The van der Waals surface area contributed by atoms with Gasteiger partial charge in [-0.25, -0.2) is 0 Å². The Kier molecular flexibility index (Phi) is 7.14. The molecule has 0 aliphatic heterocycles. The highest BCUT2D eigenvalue weighted by Gasteiger charge is 2.62. The van der Waals surface area contributed by atoms with Crippen molar-refractivity contribution in [2.75, 3.05) is 0 Å². The summed E-state index contributed by atoms with van der Waals surface area (Å²) in [5.41, 5.74) is 3.45. The topological polar surface area (TPSA) is 0 Å². The van der Waals surface area contributed by atoms with Gasteiger partial charge in [0.2, 0.25) is 0 Å². The summed E-state index contributed by atoms with van der Waals surface area (Å²) in [6, 6.07) is 0. The molecule has 0 nitrogen and oxygen atoms in total. The Balaban J connectivity index is 1.24. The Bertz CT molecular complexity index is 817. The van der Waals surface area contributed by atoms with Gasteiger partial charge in [-0.15, -0.1) is 0 Å². The van der Waals surface area contributed by atoms with Gasteiger partial charge in [0, 0.05) is 0 Å². The van der Waals surface area contributed by atoms with Gasteiger partial charge in [0.25, 0.3) is 0 Å². The van der Waals surface area contributed by atoms with Crippen LogP contribution in [0.25, 0.3) is 0 Å². The van der Waals surface area contributed by atoms with Crippen molar-refractivity contribution in [1.29, 1.82) is 0 Å². The first-order valence-electron chi connectivity index (χ1n) is 17.0. The van der Waals surface area contributed by atoms with Crippen molar-refractivity contribution in [3.8, 4) is 0 Å². The van der Waals surface area contributed by atoms with Crippen LogP contribution < -0.4 is 0 Å². The fraction of sp³-hybridized carbons (Fsp3) is 1.00. The Labute approximate surface area is 233 Å². The van der Waals surface area contributed by atoms with Crippen molar-refractivity contribution in [3.63, 3.8) is 0 Å². The van der Waals surface area contributed by atoms with E-state index in [1.54, 1.807) is 19.3 Å². The molecule has 0 radical (unpaired) electrons. The molecule has 5 saturated carbocycles. The van der Waals surface area contributed by atoms with Crippen LogP contribution in [0.3, 0.4) is 0 Å². The fourth-order valence-electron chi connectivity index (χ4n) is 11.7. The third kappa shape index (κ3) is 4.81. The fourth-order valence-corrected chi connectivity index (χ4v) is 11.7. The minimum Gasteiger partial charge on any atom is -0.0622 e. The van der Waals surface area contributed by atoms with E-state index in [1.807, 2.05) is 0 Å².